The first-order chi connectivity index (χ1) is 13.7. The molecule has 0 bridgehead atoms. The maximum Gasteiger partial charge on any atom is 0.253 e. The number of hydrogen-bond acceptors (Lipinski definition) is 3. The van der Waals surface area contributed by atoms with Gasteiger partial charge >= 0.3 is 0 Å². The lowest BCUT2D eigenvalue weighted by atomic mass is 9.90. The van der Waals surface area contributed by atoms with Crippen LogP contribution in [-0.4, -0.2) is 50.7 Å². The highest BCUT2D eigenvalue weighted by Gasteiger charge is 2.27. The summed E-state index contributed by atoms with van der Waals surface area (Å²) in [5.74, 6) is 0.493. The van der Waals surface area contributed by atoms with Gasteiger partial charge in [0.1, 0.15) is 0 Å². The second kappa shape index (κ2) is 8.67. The summed E-state index contributed by atoms with van der Waals surface area (Å²) >= 11 is 0. The Balaban J connectivity index is 1.74. The number of aryl methyl sites for hydroxylation is 1. The van der Waals surface area contributed by atoms with E-state index in [9.17, 15) is 13.2 Å². The Kier molecular flexibility index (Phi) is 6.44. The first-order valence-corrected chi connectivity index (χ1v) is 11.5. The van der Waals surface area contributed by atoms with E-state index in [2.05, 4.69) is 24.3 Å². The molecule has 156 valence electrons. The van der Waals surface area contributed by atoms with Crippen LogP contribution < -0.4 is 0 Å². The van der Waals surface area contributed by atoms with Crippen molar-refractivity contribution in [1.29, 1.82) is 0 Å². The van der Waals surface area contributed by atoms with Crippen LogP contribution in [0.15, 0.2) is 47.4 Å². The van der Waals surface area contributed by atoms with E-state index in [4.69, 9.17) is 0 Å². The lowest BCUT2D eigenvalue weighted by molar-refractivity contribution is 0.0690. The molecule has 1 saturated heterocycles. The summed E-state index contributed by atoms with van der Waals surface area (Å²) in [5, 5.41) is 0. The number of carbonyl (C=O) groups excluding carboxylic acids is 1. The maximum absolute atomic E-state index is 13.1. The number of benzene rings is 2. The third-order valence-corrected chi connectivity index (χ3v) is 7.84. The van der Waals surface area contributed by atoms with Crippen molar-refractivity contribution in [2.75, 3.05) is 27.2 Å². The fraction of sp³-hybridized carbons (Fsp3) is 0.435. The predicted octanol–water partition coefficient (Wildman–Crippen LogP) is 3.65. The molecule has 1 aliphatic heterocycles. The van der Waals surface area contributed by atoms with Gasteiger partial charge in [-0.3, -0.25) is 4.79 Å². The van der Waals surface area contributed by atoms with Crippen molar-refractivity contribution >= 4 is 15.9 Å². The number of carbonyl (C=O) groups is 1. The van der Waals surface area contributed by atoms with Crippen LogP contribution in [0.5, 0.6) is 0 Å². The lowest BCUT2D eigenvalue weighted by Crippen LogP contribution is -2.39. The molecule has 29 heavy (non-hydrogen) atoms. The van der Waals surface area contributed by atoms with E-state index in [-0.39, 0.29) is 10.8 Å². The van der Waals surface area contributed by atoms with Crippen molar-refractivity contribution in [3.05, 3.63) is 64.7 Å². The SMILES string of the molecule is Cc1cc(C(=O)N2CCC(Cc3ccccc3)CC2)cc(S(=O)(=O)N(C)C)c1C. The van der Waals surface area contributed by atoms with Crippen molar-refractivity contribution in [2.24, 2.45) is 5.92 Å². The van der Waals surface area contributed by atoms with E-state index < -0.39 is 10.0 Å². The van der Waals surface area contributed by atoms with Crippen LogP contribution in [0.25, 0.3) is 0 Å². The van der Waals surface area contributed by atoms with Crippen molar-refractivity contribution in [2.45, 2.75) is 38.0 Å². The van der Waals surface area contributed by atoms with Gasteiger partial charge in [0.15, 0.2) is 0 Å². The van der Waals surface area contributed by atoms with E-state index in [1.807, 2.05) is 24.0 Å². The van der Waals surface area contributed by atoms with Gasteiger partial charge in [0.2, 0.25) is 10.0 Å². The molecule has 1 fully saturated rings. The summed E-state index contributed by atoms with van der Waals surface area (Å²) in [5.41, 5.74) is 3.30. The van der Waals surface area contributed by atoms with Crippen LogP contribution in [-0.2, 0) is 16.4 Å². The zero-order chi connectivity index (χ0) is 21.2. The highest BCUT2D eigenvalue weighted by Crippen LogP contribution is 2.26. The topological polar surface area (TPSA) is 57.7 Å². The van der Waals surface area contributed by atoms with E-state index >= 15 is 0 Å². The quantitative estimate of drug-likeness (QED) is 0.750. The first kappa shape index (κ1) is 21.5. The Labute approximate surface area is 174 Å². The second-order valence-electron chi connectivity index (χ2n) is 8.13. The van der Waals surface area contributed by atoms with Gasteiger partial charge in [-0.2, -0.15) is 0 Å². The molecule has 0 aliphatic carbocycles. The molecular weight excluding hydrogens is 384 g/mol. The lowest BCUT2D eigenvalue weighted by Gasteiger charge is -2.32. The Bertz CT molecular complexity index is 977. The molecule has 0 aromatic heterocycles. The fourth-order valence-electron chi connectivity index (χ4n) is 3.89. The minimum Gasteiger partial charge on any atom is -0.339 e. The van der Waals surface area contributed by atoms with Gasteiger partial charge in [-0.25, -0.2) is 12.7 Å². The minimum atomic E-state index is -3.60. The largest absolute Gasteiger partial charge is 0.339 e. The average molecular weight is 415 g/mol. The first-order valence-electron chi connectivity index (χ1n) is 10.1. The van der Waals surface area contributed by atoms with Gasteiger partial charge in [0.05, 0.1) is 4.90 Å². The molecular formula is C23H30N2O3S. The molecule has 2 aromatic carbocycles. The van der Waals surface area contributed by atoms with E-state index in [1.54, 1.807) is 6.92 Å². The smallest absolute Gasteiger partial charge is 0.253 e. The molecule has 1 amide bonds. The van der Waals surface area contributed by atoms with Gasteiger partial charge in [-0.1, -0.05) is 30.3 Å². The maximum atomic E-state index is 13.1. The standard InChI is InChI=1S/C23H30N2O3S/c1-17-14-21(16-22(18(17)2)29(27,28)24(3)4)23(26)25-12-10-20(11-13-25)15-19-8-6-5-7-9-19/h5-9,14,16,20H,10-13,15H2,1-4H3. The predicted molar refractivity (Wildman–Crippen MR) is 116 cm³/mol. The third-order valence-electron chi connectivity index (χ3n) is 5.89. The van der Waals surface area contributed by atoms with Crippen LogP contribution in [0.2, 0.25) is 0 Å². The van der Waals surface area contributed by atoms with Crippen molar-refractivity contribution < 1.29 is 13.2 Å². The summed E-state index contributed by atoms with van der Waals surface area (Å²) in [4.78, 5) is 15.2. The molecule has 0 radical (unpaired) electrons. The molecule has 2 aromatic rings. The number of hydrogen-bond donors (Lipinski definition) is 0. The molecule has 6 heteroatoms. The van der Waals surface area contributed by atoms with Gasteiger partial charge in [0, 0.05) is 32.7 Å². The number of likely N-dealkylation sites (tertiary alicyclic amines) is 1. The number of piperidine rings is 1. The Morgan fingerprint density at radius 3 is 2.28 bits per heavy atom. The monoisotopic (exact) mass is 414 g/mol. The highest BCUT2D eigenvalue weighted by atomic mass is 32.2. The minimum absolute atomic E-state index is 0.0820. The number of nitrogens with zero attached hydrogens (tertiary/aromatic N) is 2. The van der Waals surface area contributed by atoms with E-state index in [1.165, 1.54) is 30.0 Å². The molecule has 1 heterocycles. The van der Waals surface area contributed by atoms with Gasteiger partial charge in [-0.05, 0) is 67.9 Å². The zero-order valence-corrected chi connectivity index (χ0v) is 18.5. The molecule has 1 aliphatic rings. The molecule has 3 rings (SSSR count). The zero-order valence-electron chi connectivity index (χ0n) is 17.7. The summed E-state index contributed by atoms with van der Waals surface area (Å²) in [7, 11) is -0.578. The Morgan fingerprint density at radius 1 is 1.07 bits per heavy atom. The molecule has 0 N–H and O–H groups in total. The highest BCUT2D eigenvalue weighted by molar-refractivity contribution is 7.89. The fourth-order valence-corrected chi connectivity index (χ4v) is 5.10. The molecule has 0 atom stereocenters. The van der Waals surface area contributed by atoms with Crippen molar-refractivity contribution in [3.8, 4) is 0 Å². The van der Waals surface area contributed by atoms with Crippen LogP contribution in [0.4, 0.5) is 0 Å². The Morgan fingerprint density at radius 2 is 1.69 bits per heavy atom. The third kappa shape index (κ3) is 4.70. The number of sulfonamides is 1. The molecule has 0 unspecified atom stereocenters. The Hall–Kier alpha value is -2.18. The molecule has 0 saturated carbocycles. The number of amides is 1. The van der Waals surface area contributed by atoms with E-state index in [0.717, 1.165) is 24.8 Å². The van der Waals surface area contributed by atoms with E-state index in [0.29, 0.717) is 30.1 Å². The van der Waals surface area contributed by atoms with Crippen molar-refractivity contribution in [1.82, 2.24) is 9.21 Å². The summed E-state index contributed by atoms with van der Waals surface area (Å²) in [6.45, 7) is 5.06. The summed E-state index contributed by atoms with van der Waals surface area (Å²) in [6, 6.07) is 13.8. The van der Waals surface area contributed by atoms with Gasteiger partial charge in [-0.15, -0.1) is 0 Å². The van der Waals surface area contributed by atoms with Crippen LogP contribution >= 0.6 is 0 Å². The van der Waals surface area contributed by atoms with Gasteiger partial charge in [0.25, 0.3) is 5.91 Å². The summed E-state index contributed by atoms with van der Waals surface area (Å²) < 4.78 is 26.5. The van der Waals surface area contributed by atoms with Crippen LogP contribution in [0.1, 0.15) is 39.9 Å². The second-order valence-corrected chi connectivity index (χ2v) is 10.2. The normalized spacial score (nSPS) is 15.7. The van der Waals surface area contributed by atoms with Crippen LogP contribution in [0.3, 0.4) is 0 Å². The average Bonchev–Trinajstić information content (AvgIpc) is 2.70. The molecule has 5 nitrogen and oxygen atoms in total. The molecule has 0 spiro atoms. The number of rotatable bonds is 5. The van der Waals surface area contributed by atoms with Crippen molar-refractivity contribution in [3.63, 3.8) is 0 Å². The summed E-state index contributed by atoms with van der Waals surface area (Å²) in [6.07, 6.45) is 2.97. The van der Waals surface area contributed by atoms with Crippen LogP contribution in [0, 0.1) is 19.8 Å². The van der Waals surface area contributed by atoms with Gasteiger partial charge < -0.3 is 4.90 Å².